The van der Waals surface area contributed by atoms with Crippen molar-refractivity contribution >= 4 is 5.78 Å². The van der Waals surface area contributed by atoms with Gasteiger partial charge in [-0.2, -0.15) is 10.2 Å². The predicted molar refractivity (Wildman–Crippen MR) is 102 cm³/mol. The van der Waals surface area contributed by atoms with E-state index >= 15 is 0 Å². The van der Waals surface area contributed by atoms with E-state index in [-0.39, 0.29) is 17.4 Å². The molecule has 1 fully saturated rings. The van der Waals surface area contributed by atoms with Crippen molar-refractivity contribution in [3.63, 3.8) is 0 Å². The van der Waals surface area contributed by atoms with Crippen LogP contribution in [0.2, 0.25) is 0 Å². The lowest BCUT2D eigenvalue weighted by Gasteiger charge is -2.49. The molecule has 1 aromatic rings. The first kappa shape index (κ1) is 16.9. The van der Waals surface area contributed by atoms with Crippen LogP contribution in [0.15, 0.2) is 63.6 Å². The number of hydrogen-bond acceptors (Lipinski definition) is 5. The lowest BCUT2D eigenvalue weighted by molar-refractivity contribution is -0.123. The molecule has 1 aliphatic carbocycles. The van der Waals surface area contributed by atoms with Crippen LogP contribution in [0.3, 0.4) is 0 Å². The van der Waals surface area contributed by atoms with Gasteiger partial charge in [0.25, 0.3) is 0 Å². The number of carbonyl (C=O) groups excluding carboxylic acids is 1. The number of nitrogens with one attached hydrogen (secondary N) is 1. The van der Waals surface area contributed by atoms with Gasteiger partial charge >= 0.3 is 0 Å². The third-order valence-electron chi connectivity index (χ3n) is 6.77. The smallest absolute Gasteiger partial charge is 0.164 e. The molecule has 1 saturated heterocycles. The lowest BCUT2D eigenvalue weighted by atomic mass is 9.57. The number of ether oxygens (including phenoxy) is 1. The lowest BCUT2D eigenvalue weighted by Crippen LogP contribution is -2.53. The van der Waals surface area contributed by atoms with Crippen LogP contribution in [-0.2, 0) is 14.9 Å². The van der Waals surface area contributed by atoms with E-state index in [2.05, 4.69) is 46.7 Å². The molecular weight excluding hydrogens is 338 g/mol. The van der Waals surface area contributed by atoms with Gasteiger partial charge in [0.15, 0.2) is 11.9 Å². The Morgan fingerprint density at radius 2 is 2.11 bits per heavy atom. The molecule has 5 rings (SSSR count). The molecule has 0 radical (unpaired) electrons. The Balaban J connectivity index is 1.69. The van der Waals surface area contributed by atoms with E-state index in [4.69, 9.17) is 4.74 Å². The molecule has 5 heteroatoms. The number of carbonyl (C=O) groups is 1. The minimum Gasteiger partial charge on any atom is -0.381 e. The van der Waals surface area contributed by atoms with Gasteiger partial charge in [-0.1, -0.05) is 37.3 Å². The van der Waals surface area contributed by atoms with E-state index in [0.717, 1.165) is 54.7 Å². The zero-order chi connectivity index (χ0) is 18.5. The third kappa shape index (κ3) is 2.37. The molecule has 3 heterocycles. The standard InChI is InChI=1S/C22H25N3O2/c1-2-22(15-7-4-3-5-8-15)16-13-23-25-20(16)24-17-11-21(9-6-10-27-14-21)12-18(26)19(17)22/h3-5,7-8,13,20,24H,2,6,9-12,14H2,1H3/t20?,21-,22-/m0/s1. The van der Waals surface area contributed by atoms with E-state index in [1.165, 1.54) is 0 Å². The van der Waals surface area contributed by atoms with E-state index < -0.39 is 5.41 Å². The Bertz CT molecular complexity index is 865. The molecule has 5 nitrogen and oxygen atoms in total. The summed E-state index contributed by atoms with van der Waals surface area (Å²) in [5.41, 5.74) is 3.75. The Hall–Kier alpha value is -2.27. The number of benzene rings is 1. The molecule has 4 aliphatic rings. The van der Waals surface area contributed by atoms with Gasteiger partial charge in [0, 0.05) is 35.3 Å². The van der Waals surface area contributed by atoms with E-state index in [1.54, 1.807) is 0 Å². The molecule has 3 atom stereocenters. The first-order valence-corrected chi connectivity index (χ1v) is 9.96. The molecule has 1 unspecified atom stereocenters. The SMILES string of the molecule is CC[C@]1(c2ccccc2)C2=CN=NC2NC2=C1C(=O)C[C@]1(CCCOC1)C2. The summed E-state index contributed by atoms with van der Waals surface area (Å²) < 4.78 is 5.78. The number of azo groups is 1. The molecule has 0 amide bonds. The fourth-order valence-corrected chi connectivity index (χ4v) is 5.60. The van der Waals surface area contributed by atoms with Gasteiger partial charge in [-0.15, -0.1) is 0 Å². The van der Waals surface area contributed by atoms with Crippen molar-refractivity contribution in [1.29, 1.82) is 0 Å². The van der Waals surface area contributed by atoms with Gasteiger partial charge < -0.3 is 10.1 Å². The molecule has 1 N–H and O–H groups in total. The normalized spacial score (nSPS) is 34.9. The average Bonchev–Trinajstić information content (AvgIpc) is 3.16. The van der Waals surface area contributed by atoms with Gasteiger partial charge in [0.05, 0.1) is 18.2 Å². The van der Waals surface area contributed by atoms with Crippen molar-refractivity contribution in [2.45, 2.75) is 50.6 Å². The largest absolute Gasteiger partial charge is 0.381 e. The third-order valence-corrected chi connectivity index (χ3v) is 6.77. The average molecular weight is 363 g/mol. The number of Topliss-reactive ketones (excluding diaryl/α,β-unsaturated/α-hetero) is 1. The number of ketones is 1. The summed E-state index contributed by atoms with van der Waals surface area (Å²) in [6, 6.07) is 10.4. The van der Waals surface area contributed by atoms with Crippen LogP contribution in [0.5, 0.6) is 0 Å². The quantitative estimate of drug-likeness (QED) is 0.863. The molecule has 3 aliphatic heterocycles. The number of rotatable bonds is 2. The number of hydrogen-bond donors (Lipinski definition) is 1. The zero-order valence-corrected chi connectivity index (χ0v) is 15.7. The fourth-order valence-electron chi connectivity index (χ4n) is 5.60. The molecule has 27 heavy (non-hydrogen) atoms. The monoisotopic (exact) mass is 363 g/mol. The van der Waals surface area contributed by atoms with Crippen molar-refractivity contribution in [3.8, 4) is 0 Å². The summed E-state index contributed by atoms with van der Waals surface area (Å²) in [4.78, 5) is 13.6. The minimum atomic E-state index is -0.440. The van der Waals surface area contributed by atoms with E-state index in [1.807, 2.05) is 12.3 Å². The predicted octanol–water partition coefficient (Wildman–Crippen LogP) is 4.03. The van der Waals surface area contributed by atoms with Crippen molar-refractivity contribution in [2.24, 2.45) is 15.6 Å². The highest BCUT2D eigenvalue weighted by Gasteiger charge is 2.54. The van der Waals surface area contributed by atoms with Crippen LogP contribution >= 0.6 is 0 Å². The molecule has 140 valence electrons. The first-order chi connectivity index (χ1) is 13.2. The maximum Gasteiger partial charge on any atom is 0.164 e. The van der Waals surface area contributed by atoms with Crippen LogP contribution in [-0.4, -0.2) is 25.2 Å². The molecular formula is C22H25N3O2. The second kappa shape index (κ2) is 6.13. The summed E-state index contributed by atoms with van der Waals surface area (Å²) in [6.07, 6.45) is 6.03. The molecule has 0 bridgehead atoms. The van der Waals surface area contributed by atoms with Crippen LogP contribution in [0.25, 0.3) is 0 Å². The molecule has 1 spiro atoms. The summed E-state index contributed by atoms with van der Waals surface area (Å²) in [5.74, 6) is 0.256. The van der Waals surface area contributed by atoms with Crippen molar-refractivity contribution in [1.82, 2.24) is 5.32 Å². The molecule has 0 saturated carbocycles. The topological polar surface area (TPSA) is 63.0 Å². The van der Waals surface area contributed by atoms with Crippen molar-refractivity contribution < 1.29 is 9.53 Å². The summed E-state index contributed by atoms with van der Waals surface area (Å²) in [7, 11) is 0. The highest BCUT2D eigenvalue weighted by Crippen LogP contribution is 2.54. The van der Waals surface area contributed by atoms with Gasteiger partial charge in [0.1, 0.15) is 0 Å². The van der Waals surface area contributed by atoms with Gasteiger partial charge in [-0.25, -0.2) is 0 Å². The Morgan fingerprint density at radius 1 is 1.26 bits per heavy atom. The maximum absolute atomic E-state index is 13.6. The maximum atomic E-state index is 13.6. The highest BCUT2D eigenvalue weighted by molar-refractivity contribution is 6.01. The first-order valence-electron chi connectivity index (χ1n) is 9.96. The number of fused-ring (bicyclic) bond motifs is 1. The van der Waals surface area contributed by atoms with Gasteiger partial charge in [0.2, 0.25) is 0 Å². The van der Waals surface area contributed by atoms with Crippen LogP contribution < -0.4 is 5.32 Å². The second-order valence-electron chi connectivity index (χ2n) is 8.27. The van der Waals surface area contributed by atoms with E-state index in [0.29, 0.717) is 13.0 Å². The second-order valence-corrected chi connectivity index (χ2v) is 8.27. The highest BCUT2D eigenvalue weighted by atomic mass is 16.5. The van der Waals surface area contributed by atoms with E-state index in [9.17, 15) is 4.79 Å². The van der Waals surface area contributed by atoms with Crippen LogP contribution in [0.1, 0.15) is 44.6 Å². The Kier molecular flexibility index (Phi) is 3.83. The minimum absolute atomic E-state index is 0.0612. The van der Waals surface area contributed by atoms with Crippen molar-refractivity contribution in [2.75, 3.05) is 13.2 Å². The summed E-state index contributed by atoms with van der Waals surface area (Å²) in [6.45, 7) is 3.65. The van der Waals surface area contributed by atoms with Crippen LogP contribution in [0.4, 0.5) is 0 Å². The van der Waals surface area contributed by atoms with Crippen LogP contribution in [0, 0.1) is 5.41 Å². The number of allylic oxidation sites excluding steroid dienone is 2. The number of nitrogens with zero attached hydrogens (tertiary/aromatic N) is 2. The molecule has 0 aromatic heterocycles. The van der Waals surface area contributed by atoms with Gasteiger partial charge in [-0.05, 0) is 31.2 Å². The van der Waals surface area contributed by atoms with Gasteiger partial charge in [-0.3, -0.25) is 4.79 Å². The Morgan fingerprint density at radius 3 is 2.85 bits per heavy atom. The fraction of sp³-hybridized carbons (Fsp3) is 0.500. The Labute approximate surface area is 159 Å². The van der Waals surface area contributed by atoms with Crippen molar-refractivity contribution in [3.05, 3.63) is 58.9 Å². The summed E-state index contributed by atoms with van der Waals surface area (Å²) >= 11 is 0. The summed E-state index contributed by atoms with van der Waals surface area (Å²) in [5, 5.41) is 12.2. The molecule has 1 aromatic carbocycles. The zero-order valence-electron chi connectivity index (χ0n) is 15.7.